The number of anilines is 1. The van der Waals surface area contributed by atoms with E-state index in [1.807, 2.05) is 45.0 Å². The number of carbonyl (C=O) groups is 1. The van der Waals surface area contributed by atoms with Gasteiger partial charge in [0, 0.05) is 11.8 Å². The highest BCUT2D eigenvalue weighted by molar-refractivity contribution is 6.02. The molecule has 0 atom stereocenters. The van der Waals surface area contributed by atoms with Crippen molar-refractivity contribution in [3.05, 3.63) is 81.2 Å². The van der Waals surface area contributed by atoms with Crippen molar-refractivity contribution >= 4 is 28.6 Å². The van der Waals surface area contributed by atoms with Crippen molar-refractivity contribution in [3.8, 4) is 0 Å². The van der Waals surface area contributed by atoms with Crippen LogP contribution in [0, 0.1) is 20.8 Å². The molecule has 0 aliphatic carbocycles. The lowest BCUT2D eigenvalue weighted by molar-refractivity contribution is -0.111. The molecule has 1 heterocycles. The van der Waals surface area contributed by atoms with E-state index >= 15 is 0 Å². The Hall–Kier alpha value is -3.14. The molecule has 0 bridgehead atoms. The standard InChI is InChI=1S/C21H19NO3/c1-13-4-6-19-18(11-13)21(24)16(12-25-19)5-7-20(23)22-17-9-14(2)8-15(3)10-17/h4-12H,1-3H3,(H,22,23)/b7-5+. The van der Waals surface area contributed by atoms with Gasteiger partial charge in [-0.05, 0) is 62.2 Å². The first-order valence-corrected chi connectivity index (χ1v) is 8.02. The number of aryl methyl sites for hydroxylation is 3. The smallest absolute Gasteiger partial charge is 0.248 e. The predicted octanol–water partition coefficient (Wildman–Crippen LogP) is 4.37. The van der Waals surface area contributed by atoms with Gasteiger partial charge in [0.2, 0.25) is 5.91 Å². The highest BCUT2D eigenvalue weighted by Crippen LogP contribution is 2.15. The molecule has 25 heavy (non-hydrogen) atoms. The largest absolute Gasteiger partial charge is 0.463 e. The van der Waals surface area contributed by atoms with Crippen LogP contribution < -0.4 is 10.7 Å². The van der Waals surface area contributed by atoms with Gasteiger partial charge in [-0.15, -0.1) is 0 Å². The van der Waals surface area contributed by atoms with Crippen LogP contribution in [-0.4, -0.2) is 5.91 Å². The fourth-order valence-electron chi connectivity index (χ4n) is 2.77. The van der Waals surface area contributed by atoms with Gasteiger partial charge in [-0.2, -0.15) is 0 Å². The van der Waals surface area contributed by atoms with Gasteiger partial charge in [0.25, 0.3) is 0 Å². The average molecular weight is 333 g/mol. The molecule has 1 amide bonds. The Kier molecular flexibility index (Phi) is 4.52. The summed E-state index contributed by atoms with van der Waals surface area (Å²) in [5.74, 6) is -0.297. The first-order chi connectivity index (χ1) is 11.9. The molecule has 0 radical (unpaired) electrons. The summed E-state index contributed by atoms with van der Waals surface area (Å²) >= 11 is 0. The van der Waals surface area contributed by atoms with E-state index in [1.54, 1.807) is 12.1 Å². The summed E-state index contributed by atoms with van der Waals surface area (Å²) in [6.45, 7) is 5.86. The van der Waals surface area contributed by atoms with Gasteiger partial charge in [-0.1, -0.05) is 17.7 Å². The SMILES string of the molecule is Cc1cc(C)cc(NC(=O)/C=C/c2coc3ccc(C)cc3c2=O)c1. The Balaban J connectivity index is 1.84. The predicted molar refractivity (Wildman–Crippen MR) is 101 cm³/mol. The van der Waals surface area contributed by atoms with E-state index in [4.69, 9.17) is 4.42 Å². The summed E-state index contributed by atoms with van der Waals surface area (Å²) in [6, 6.07) is 11.3. The van der Waals surface area contributed by atoms with Gasteiger partial charge in [0.1, 0.15) is 11.8 Å². The Morgan fingerprint density at radius 1 is 1.00 bits per heavy atom. The van der Waals surface area contributed by atoms with Gasteiger partial charge < -0.3 is 9.73 Å². The van der Waals surface area contributed by atoms with Crippen LogP contribution >= 0.6 is 0 Å². The highest BCUT2D eigenvalue weighted by atomic mass is 16.3. The van der Waals surface area contributed by atoms with Gasteiger partial charge in [-0.25, -0.2) is 0 Å². The zero-order valence-corrected chi connectivity index (χ0v) is 14.4. The van der Waals surface area contributed by atoms with Crippen molar-refractivity contribution in [3.63, 3.8) is 0 Å². The molecule has 0 unspecified atom stereocenters. The van der Waals surface area contributed by atoms with Crippen LogP contribution in [-0.2, 0) is 4.79 Å². The highest BCUT2D eigenvalue weighted by Gasteiger charge is 2.06. The van der Waals surface area contributed by atoms with Gasteiger partial charge in [0.05, 0.1) is 10.9 Å². The van der Waals surface area contributed by atoms with Crippen LogP contribution in [0.3, 0.4) is 0 Å². The van der Waals surface area contributed by atoms with Gasteiger partial charge in [-0.3, -0.25) is 9.59 Å². The van der Waals surface area contributed by atoms with Crippen molar-refractivity contribution in [1.82, 2.24) is 0 Å². The fraction of sp³-hybridized carbons (Fsp3) is 0.143. The molecule has 4 heteroatoms. The second kappa shape index (κ2) is 6.77. The van der Waals surface area contributed by atoms with E-state index in [2.05, 4.69) is 5.32 Å². The molecule has 0 spiro atoms. The van der Waals surface area contributed by atoms with E-state index in [9.17, 15) is 9.59 Å². The molecule has 4 nitrogen and oxygen atoms in total. The summed E-state index contributed by atoms with van der Waals surface area (Å²) in [5, 5.41) is 3.31. The van der Waals surface area contributed by atoms with E-state index in [0.717, 1.165) is 22.4 Å². The normalized spacial score (nSPS) is 11.2. The minimum absolute atomic E-state index is 0.152. The van der Waals surface area contributed by atoms with Crippen molar-refractivity contribution in [2.45, 2.75) is 20.8 Å². The number of fused-ring (bicyclic) bond motifs is 1. The molecule has 1 N–H and O–H groups in total. The first kappa shape index (κ1) is 16.7. The Morgan fingerprint density at radius 2 is 1.72 bits per heavy atom. The maximum atomic E-state index is 12.5. The number of carbonyl (C=O) groups excluding carboxylic acids is 1. The average Bonchev–Trinajstić information content (AvgIpc) is 2.54. The minimum Gasteiger partial charge on any atom is -0.463 e. The molecule has 126 valence electrons. The number of rotatable bonds is 3. The monoisotopic (exact) mass is 333 g/mol. The number of nitrogens with one attached hydrogen (secondary N) is 1. The first-order valence-electron chi connectivity index (χ1n) is 8.02. The summed E-state index contributed by atoms with van der Waals surface area (Å²) < 4.78 is 5.48. The maximum Gasteiger partial charge on any atom is 0.248 e. The van der Waals surface area contributed by atoms with Gasteiger partial charge >= 0.3 is 0 Å². The molecule has 0 fully saturated rings. The fourth-order valence-corrected chi connectivity index (χ4v) is 2.77. The van der Waals surface area contributed by atoms with E-state index in [-0.39, 0.29) is 11.3 Å². The molecule has 0 aliphatic heterocycles. The van der Waals surface area contributed by atoms with Crippen molar-refractivity contribution < 1.29 is 9.21 Å². The Morgan fingerprint density at radius 3 is 2.44 bits per heavy atom. The van der Waals surface area contributed by atoms with E-state index in [0.29, 0.717) is 16.5 Å². The molecule has 0 saturated heterocycles. The lowest BCUT2D eigenvalue weighted by Crippen LogP contribution is -2.09. The second-order valence-corrected chi connectivity index (χ2v) is 6.22. The number of hydrogen-bond acceptors (Lipinski definition) is 3. The zero-order chi connectivity index (χ0) is 18.0. The van der Waals surface area contributed by atoms with Crippen LogP contribution in [0.15, 0.2) is 57.9 Å². The third-order valence-electron chi connectivity index (χ3n) is 3.86. The summed E-state index contributed by atoms with van der Waals surface area (Å²) in [5.41, 5.74) is 4.58. The van der Waals surface area contributed by atoms with Crippen molar-refractivity contribution in [2.24, 2.45) is 0 Å². The molecular weight excluding hydrogens is 314 g/mol. The van der Waals surface area contributed by atoms with E-state index < -0.39 is 0 Å². The zero-order valence-electron chi connectivity index (χ0n) is 14.4. The van der Waals surface area contributed by atoms with Gasteiger partial charge in [0.15, 0.2) is 5.43 Å². The van der Waals surface area contributed by atoms with Crippen LogP contribution in [0.25, 0.3) is 17.0 Å². The molecule has 0 aliphatic rings. The van der Waals surface area contributed by atoms with Crippen LogP contribution in [0.1, 0.15) is 22.3 Å². The number of hydrogen-bond donors (Lipinski definition) is 1. The molecule has 1 aromatic heterocycles. The van der Waals surface area contributed by atoms with Crippen molar-refractivity contribution in [2.75, 3.05) is 5.32 Å². The summed E-state index contributed by atoms with van der Waals surface area (Å²) in [4.78, 5) is 24.6. The maximum absolute atomic E-state index is 12.5. The van der Waals surface area contributed by atoms with E-state index in [1.165, 1.54) is 18.4 Å². The topological polar surface area (TPSA) is 59.3 Å². The molecular formula is C21H19NO3. The van der Waals surface area contributed by atoms with Crippen LogP contribution in [0.5, 0.6) is 0 Å². The Labute approximate surface area is 145 Å². The third-order valence-corrected chi connectivity index (χ3v) is 3.86. The van der Waals surface area contributed by atoms with Crippen molar-refractivity contribution in [1.29, 1.82) is 0 Å². The van der Waals surface area contributed by atoms with Crippen LogP contribution in [0.4, 0.5) is 5.69 Å². The lowest BCUT2D eigenvalue weighted by Gasteiger charge is -2.05. The lowest BCUT2D eigenvalue weighted by atomic mass is 10.1. The Bertz CT molecular complexity index is 1020. The third kappa shape index (κ3) is 3.86. The summed E-state index contributed by atoms with van der Waals surface area (Å²) in [7, 11) is 0. The minimum atomic E-state index is -0.297. The summed E-state index contributed by atoms with van der Waals surface area (Å²) in [6.07, 6.45) is 4.19. The number of amides is 1. The van der Waals surface area contributed by atoms with Crippen LogP contribution in [0.2, 0.25) is 0 Å². The molecule has 2 aromatic carbocycles. The molecule has 3 aromatic rings. The quantitative estimate of drug-likeness (QED) is 0.724. The second-order valence-electron chi connectivity index (χ2n) is 6.22. The molecule has 0 saturated carbocycles. The number of benzene rings is 2. The molecule has 3 rings (SSSR count).